The molecule has 24 heavy (non-hydrogen) atoms. The molecule has 2 aromatic carbocycles. The smallest absolute Gasteiger partial charge is 0.0267 e. The van der Waals surface area contributed by atoms with Gasteiger partial charge in [-0.3, -0.25) is 4.98 Å². The summed E-state index contributed by atoms with van der Waals surface area (Å²) in [6.45, 7) is 0. The average Bonchev–Trinajstić information content (AvgIpc) is 2.69. The molecule has 0 saturated heterocycles. The molecule has 0 aliphatic heterocycles. The van der Waals surface area contributed by atoms with E-state index in [1.165, 1.54) is 52.0 Å². The second-order valence-electron chi connectivity index (χ2n) is 6.29. The van der Waals surface area contributed by atoms with Crippen LogP contribution in [-0.4, -0.2) is 4.98 Å². The fourth-order valence-electron chi connectivity index (χ4n) is 3.62. The largest absolute Gasteiger partial charge is 0.265 e. The molecular weight excluding hydrogens is 290 g/mol. The van der Waals surface area contributed by atoms with Gasteiger partial charge in [-0.25, -0.2) is 0 Å². The second kappa shape index (κ2) is 6.84. The van der Waals surface area contributed by atoms with Gasteiger partial charge in [0.2, 0.25) is 0 Å². The fourth-order valence-corrected chi connectivity index (χ4v) is 3.62. The van der Waals surface area contributed by atoms with Crippen LogP contribution in [0.15, 0.2) is 67.0 Å². The van der Waals surface area contributed by atoms with Crippen molar-refractivity contribution in [2.45, 2.75) is 25.7 Å². The van der Waals surface area contributed by atoms with E-state index in [0.29, 0.717) is 0 Å². The fraction of sp³-hybridized carbons (Fsp3) is 0.174. The summed E-state index contributed by atoms with van der Waals surface area (Å²) in [5.74, 6) is 0. The number of hydrogen-bond donors (Lipinski definition) is 0. The van der Waals surface area contributed by atoms with Crippen LogP contribution in [0.2, 0.25) is 0 Å². The molecule has 0 spiro atoms. The molecule has 1 nitrogen and oxygen atoms in total. The molecule has 0 amide bonds. The highest BCUT2D eigenvalue weighted by atomic mass is 14.6. The van der Waals surface area contributed by atoms with Crippen molar-refractivity contribution in [2.75, 3.05) is 0 Å². The number of hydrogen-bond acceptors (Lipinski definition) is 1. The van der Waals surface area contributed by atoms with E-state index >= 15 is 0 Å². The van der Waals surface area contributed by atoms with Gasteiger partial charge >= 0.3 is 0 Å². The van der Waals surface area contributed by atoms with Gasteiger partial charge in [-0.15, -0.1) is 0 Å². The summed E-state index contributed by atoms with van der Waals surface area (Å²) in [6.07, 6.45) is 13.2. The first kappa shape index (κ1) is 14.9. The topological polar surface area (TPSA) is 12.9 Å². The maximum atomic E-state index is 3.78. The Balaban J connectivity index is 0.000000207. The Hall–Kier alpha value is -2.67. The summed E-state index contributed by atoms with van der Waals surface area (Å²) in [5, 5.41) is 2.99. The van der Waals surface area contributed by atoms with E-state index in [9.17, 15) is 0 Å². The molecule has 2 aliphatic rings. The Morgan fingerprint density at radius 1 is 0.667 bits per heavy atom. The van der Waals surface area contributed by atoms with Crippen molar-refractivity contribution in [1.82, 2.24) is 4.98 Å². The maximum Gasteiger partial charge on any atom is 0.0267 e. The molecule has 3 aromatic rings. The normalized spacial score (nSPS) is 13.8. The molecule has 2 aliphatic carbocycles. The number of rotatable bonds is 0. The monoisotopic (exact) mass is 311 g/mol. The van der Waals surface area contributed by atoms with Crippen molar-refractivity contribution in [2.24, 2.45) is 0 Å². The third-order valence-corrected chi connectivity index (χ3v) is 4.78. The molecule has 0 atom stereocenters. The van der Waals surface area contributed by atoms with Crippen molar-refractivity contribution in [3.05, 3.63) is 88.6 Å². The molecule has 118 valence electrons. The molecule has 1 heteroatoms. The predicted octanol–water partition coefficient (Wildman–Crippen LogP) is 3.89. The minimum absolute atomic E-state index is 1.08. The lowest BCUT2D eigenvalue weighted by Crippen LogP contribution is -2.33. The first-order valence-electron chi connectivity index (χ1n) is 8.69. The summed E-state index contributed by atoms with van der Waals surface area (Å²) >= 11 is 0. The Labute approximate surface area is 143 Å². The highest BCUT2D eigenvalue weighted by molar-refractivity contribution is 5.74. The van der Waals surface area contributed by atoms with Crippen LogP contribution in [0.4, 0.5) is 0 Å². The van der Waals surface area contributed by atoms with Gasteiger partial charge in [-0.1, -0.05) is 54.6 Å². The van der Waals surface area contributed by atoms with Gasteiger partial charge in [0.15, 0.2) is 0 Å². The molecule has 0 radical (unpaired) electrons. The SMILES string of the molecule is C1=c2c(ccc3c2=CCc2ccccc2-3)CCC1.c1ccncc1. The van der Waals surface area contributed by atoms with E-state index in [4.69, 9.17) is 0 Å². The van der Waals surface area contributed by atoms with Crippen LogP contribution >= 0.6 is 0 Å². The summed E-state index contributed by atoms with van der Waals surface area (Å²) in [5.41, 5.74) is 5.85. The summed E-state index contributed by atoms with van der Waals surface area (Å²) in [7, 11) is 0. The standard InChI is InChI=1S/C18H16.C5H5N/c1-3-7-15-13(5-1)9-11-18-16-8-4-2-6-14(16)10-12-17(15)18;1-2-4-6-5-3-1/h1,3,5,7-8,10-12H,2,4,6,9H2;1-5H. The number of nitrogens with zero attached hydrogens (tertiary/aromatic N) is 1. The molecule has 0 bridgehead atoms. The van der Waals surface area contributed by atoms with Gasteiger partial charge < -0.3 is 0 Å². The Bertz CT molecular complexity index is 928. The molecule has 1 heterocycles. The van der Waals surface area contributed by atoms with Crippen molar-refractivity contribution in [3.8, 4) is 11.1 Å². The summed E-state index contributed by atoms with van der Waals surface area (Å²) in [6, 6.07) is 19.2. The van der Waals surface area contributed by atoms with Crippen LogP contribution in [0.3, 0.4) is 0 Å². The molecule has 5 rings (SSSR count). The molecular formula is C23H21N. The Morgan fingerprint density at radius 2 is 1.54 bits per heavy atom. The molecule has 1 aromatic heterocycles. The van der Waals surface area contributed by atoms with E-state index in [0.717, 1.165) is 6.42 Å². The Kier molecular flexibility index (Phi) is 4.24. The van der Waals surface area contributed by atoms with Crippen LogP contribution in [-0.2, 0) is 12.8 Å². The third kappa shape index (κ3) is 2.90. The second-order valence-corrected chi connectivity index (χ2v) is 6.29. The zero-order chi connectivity index (χ0) is 16.2. The number of fused-ring (bicyclic) bond motifs is 5. The van der Waals surface area contributed by atoms with Gasteiger partial charge in [0.05, 0.1) is 0 Å². The van der Waals surface area contributed by atoms with Crippen LogP contribution in [0, 0.1) is 0 Å². The number of pyridine rings is 1. The Morgan fingerprint density at radius 3 is 2.33 bits per heavy atom. The van der Waals surface area contributed by atoms with Crippen molar-refractivity contribution < 1.29 is 0 Å². The number of benzene rings is 2. The zero-order valence-corrected chi connectivity index (χ0v) is 13.8. The van der Waals surface area contributed by atoms with Crippen LogP contribution in [0.25, 0.3) is 23.3 Å². The molecule has 0 saturated carbocycles. The van der Waals surface area contributed by atoms with E-state index in [2.05, 4.69) is 53.5 Å². The predicted molar refractivity (Wildman–Crippen MR) is 101 cm³/mol. The third-order valence-electron chi connectivity index (χ3n) is 4.78. The van der Waals surface area contributed by atoms with Crippen molar-refractivity contribution in [3.63, 3.8) is 0 Å². The first-order valence-corrected chi connectivity index (χ1v) is 8.69. The molecule has 0 N–H and O–H groups in total. The van der Waals surface area contributed by atoms with E-state index in [1.54, 1.807) is 12.4 Å². The highest BCUT2D eigenvalue weighted by Crippen LogP contribution is 2.24. The van der Waals surface area contributed by atoms with Gasteiger partial charge in [0.1, 0.15) is 0 Å². The molecule has 0 unspecified atom stereocenters. The highest BCUT2D eigenvalue weighted by Gasteiger charge is 2.13. The van der Waals surface area contributed by atoms with Crippen LogP contribution in [0.5, 0.6) is 0 Å². The lowest BCUT2D eigenvalue weighted by atomic mass is 9.87. The lowest BCUT2D eigenvalue weighted by molar-refractivity contribution is 0.834. The van der Waals surface area contributed by atoms with Crippen LogP contribution < -0.4 is 10.4 Å². The number of aryl methyl sites for hydroxylation is 1. The molecule has 0 fully saturated rings. The van der Waals surface area contributed by atoms with E-state index in [1.807, 2.05) is 18.2 Å². The number of aromatic nitrogens is 1. The summed E-state index contributed by atoms with van der Waals surface area (Å²) in [4.78, 5) is 3.78. The maximum absolute atomic E-state index is 3.78. The van der Waals surface area contributed by atoms with Crippen molar-refractivity contribution in [1.29, 1.82) is 0 Å². The lowest BCUT2D eigenvalue weighted by Gasteiger charge is -2.17. The first-order chi connectivity index (χ1) is 11.9. The van der Waals surface area contributed by atoms with Gasteiger partial charge in [0, 0.05) is 12.4 Å². The van der Waals surface area contributed by atoms with Crippen molar-refractivity contribution >= 4 is 12.2 Å². The average molecular weight is 311 g/mol. The van der Waals surface area contributed by atoms with Gasteiger partial charge in [-0.2, -0.15) is 0 Å². The minimum Gasteiger partial charge on any atom is -0.265 e. The zero-order valence-electron chi connectivity index (χ0n) is 13.8. The van der Waals surface area contributed by atoms with Crippen LogP contribution in [0.1, 0.15) is 24.0 Å². The van der Waals surface area contributed by atoms with E-state index in [-0.39, 0.29) is 0 Å². The minimum atomic E-state index is 1.08. The van der Waals surface area contributed by atoms with Gasteiger partial charge in [0.25, 0.3) is 0 Å². The quantitative estimate of drug-likeness (QED) is 0.614. The van der Waals surface area contributed by atoms with Gasteiger partial charge in [-0.05, 0) is 70.5 Å². The summed E-state index contributed by atoms with van der Waals surface area (Å²) < 4.78 is 0. The van der Waals surface area contributed by atoms with E-state index < -0.39 is 0 Å².